The Hall–Kier alpha value is -1.36. The van der Waals surface area contributed by atoms with E-state index in [-0.39, 0.29) is 0 Å². The second-order valence-electron chi connectivity index (χ2n) is 6.26. The Kier molecular flexibility index (Phi) is 4.58. The summed E-state index contributed by atoms with van der Waals surface area (Å²) in [6.45, 7) is 6.84. The summed E-state index contributed by atoms with van der Waals surface area (Å²) in [5.41, 5.74) is 1.13. The van der Waals surface area contributed by atoms with Gasteiger partial charge < -0.3 is 15.5 Å². The van der Waals surface area contributed by atoms with Gasteiger partial charge in [-0.2, -0.15) is 0 Å². The minimum Gasteiger partial charge on any atom is -0.373 e. The highest BCUT2D eigenvalue weighted by Gasteiger charge is 2.28. The van der Waals surface area contributed by atoms with Crippen molar-refractivity contribution in [2.24, 2.45) is 0 Å². The summed E-state index contributed by atoms with van der Waals surface area (Å²) in [7, 11) is 1.93. The topological polar surface area (TPSA) is 53.1 Å². The molecule has 5 nitrogen and oxygen atoms in total. The molecule has 0 atom stereocenters. The van der Waals surface area contributed by atoms with E-state index in [0.29, 0.717) is 5.92 Å². The van der Waals surface area contributed by atoms with Crippen molar-refractivity contribution in [1.29, 1.82) is 0 Å². The van der Waals surface area contributed by atoms with Crippen LogP contribution in [0.15, 0.2) is 0 Å². The molecule has 2 fully saturated rings. The van der Waals surface area contributed by atoms with Gasteiger partial charge in [0.2, 0.25) is 0 Å². The molecular formula is C16H27N5. The Labute approximate surface area is 127 Å². The van der Waals surface area contributed by atoms with Gasteiger partial charge in [-0.15, -0.1) is 0 Å². The molecule has 1 saturated heterocycles. The molecule has 0 bridgehead atoms. The zero-order valence-electron chi connectivity index (χ0n) is 13.3. The Morgan fingerprint density at radius 2 is 1.86 bits per heavy atom. The molecule has 1 aliphatic heterocycles. The van der Waals surface area contributed by atoms with Gasteiger partial charge in [0.15, 0.2) is 0 Å². The number of nitrogens with one attached hydrogen (secondary N) is 2. The van der Waals surface area contributed by atoms with Gasteiger partial charge in [0.25, 0.3) is 0 Å². The van der Waals surface area contributed by atoms with Crippen LogP contribution in [-0.4, -0.2) is 48.1 Å². The van der Waals surface area contributed by atoms with E-state index in [1.807, 2.05) is 7.05 Å². The van der Waals surface area contributed by atoms with Gasteiger partial charge in [-0.25, -0.2) is 9.97 Å². The largest absolute Gasteiger partial charge is 0.373 e. The van der Waals surface area contributed by atoms with Crippen molar-refractivity contribution in [2.75, 3.05) is 43.9 Å². The summed E-state index contributed by atoms with van der Waals surface area (Å²) in [6.07, 6.45) is 6.39. The molecule has 1 aromatic rings. The van der Waals surface area contributed by atoms with Crippen molar-refractivity contribution in [3.8, 4) is 0 Å². The third-order valence-electron chi connectivity index (χ3n) is 4.48. The third-order valence-corrected chi connectivity index (χ3v) is 4.48. The number of likely N-dealkylation sites (tertiary alicyclic amines) is 1. The summed E-state index contributed by atoms with van der Waals surface area (Å²) < 4.78 is 0. The molecule has 2 N–H and O–H groups in total. The highest BCUT2D eigenvalue weighted by atomic mass is 15.1. The fourth-order valence-electron chi connectivity index (χ4n) is 2.99. The van der Waals surface area contributed by atoms with E-state index in [2.05, 4.69) is 27.4 Å². The highest BCUT2D eigenvalue weighted by Crippen LogP contribution is 2.39. The van der Waals surface area contributed by atoms with Crippen LogP contribution in [0.4, 0.5) is 11.6 Å². The number of hydrogen-bond donors (Lipinski definition) is 2. The molecule has 0 unspecified atom stereocenters. The lowest BCUT2D eigenvalue weighted by atomic mass is 10.2. The molecule has 3 rings (SSSR count). The molecular weight excluding hydrogens is 262 g/mol. The minimum absolute atomic E-state index is 0.586. The molecule has 1 aromatic heterocycles. The predicted molar refractivity (Wildman–Crippen MR) is 87.1 cm³/mol. The number of hydrogen-bond acceptors (Lipinski definition) is 5. The molecule has 1 saturated carbocycles. The fourth-order valence-corrected chi connectivity index (χ4v) is 2.99. The van der Waals surface area contributed by atoms with Crippen LogP contribution in [-0.2, 0) is 0 Å². The minimum atomic E-state index is 0.586. The summed E-state index contributed by atoms with van der Waals surface area (Å²) >= 11 is 0. The first kappa shape index (κ1) is 14.6. The molecule has 0 aromatic carbocycles. The van der Waals surface area contributed by atoms with Gasteiger partial charge in [0.05, 0.1) is 0 Å². The first-order chi connectivity index (χ1) is 10.3. The van der Waals surface area contributed by atoms with Gasteiger partial charge in [0, 0.05) is 25.1 Å². The molecule has 2 aliphatic rings. The van der Waals surface area contributed by atoms with Gasteiger partial charge >= 0.3 is 0 Å². The van der Waals surface area contributed by atoms with Crippen LogP contribution in [0.5, 0.6) is 0 Å². The summed E-state index contributed by atoms with van der Waals surface area (Å²) in [5, 5.41) is 6.71. The van der Waals surface area contributed by atoms with Crippen molar-refractivity contribution in [3.05, 3.63) is 11.4 Å². The van der Waals surface area contributed by atoms with Gasteiger partial charge in [-0.1, -0.05) is 0 Å². The number of aromatic nitrogens is 2. The van der Waals surface area contributed by atoms with E-state index in [1.165, 1.54) is 51.7 Å². The van der Waals surface area contributed by atoms with E-state index in [9.17, 15) is 0 Å². The Balaban J connectivity index is 1.56. The van der Waals surface area contributed by atoms with E-state index in [0.717, 1.165) is 29.6 Å². The maximum Gasteiger partial charge on any atom is 0.136 e. The highest BCUT2D eigenvalue weighted by molar-refractivity contribution is 5.57. The second-order valence-corrected chi connectivity index (χ2v) is 6.26. The molecule has 2 heterocycles. The van der Waals surface area contributed by atoms with Crippen molar-refractivity contribution in [2.45, 2.75) is 44.9 Å². The van der Waals surface area contributed by atoms with Crippen molar-refractivity contribution >= 4 is 11.6 Å². The molecule has 1 aliphatic carbocycles. The summed E-state index contributed by atoms with van der Waals surface area (Å²) in [6, 6.07) is 0. The Morgan fingerprint density at radius 1 is 1.14 bits per heavy atom. The summed E-state index contributed by atoms with van der Waals surface area (Å²) in [5.74, 6) is 3.57. The lowest BCUT2D eigenvalue weighted by molar-refractivity contribution is 0.337. The van der Waals surface area contributed by atoms with Gasteiger partial charge in [-0.3, -0.25) is 0 Å². The maximum absolute atomic E-state index is 4.74. The molecule has 0 amide bonds. The van der Waals surface area contributed by atoms with Crippen molar-refractivity contribution < 1.29 is 0 Å². The van der Waals surface area contributed by atoms with Crippen LogP contribution in [0.2, 0.25) is 0 Å². The molecule has 0 radical (unpaired) electrons. The lowest BCUT2D eigenvalue weighted by Crippen LogP contribution is -2.22. The lowest BCUT2D eigenvalue weighted by Gasteiger charge is -2.16. The van der Waals surface area contributed by atoms with Crippen LogP contribution in [0, 0.1) is 6.92 Å². The van der Waals surface area contributed by atoms with Crippen LogP contribution in [0.1, 0.15) is 49.4 Å². The SMILES string of the molecule is CNc1nc(C2CC2)nc(NCCCN2CCCC2)c1C. The third kappa shape index (κ3) is 3.64. The quantitative estimate of drug-likeness (QED) is 0.756. The molecule has 5 heteroatoms. The maximum atomic E-state index is 4.74. The molecule has 116 valence electrons. The zero-order chi connectivity index (χ0) is 14.7. The first-order valence-electron chi connectivity index (χ1n) is 8.30. The van der Waals surface area contributed by atoms with Gasteiger partial charge in [-0.05, 0) is 58.7 Å². The number of anilines is 2. The van der Waals surface area contributed by atoms with Gasteiger partial charge in [0.1, 0.15) is 17.5 Å². The normalized spacial score (nSPS) is 19.0. The second kappa shape index (κ2) is 6.60. The Bertz CT molecular complexity index is 478. The number of nitrogens with zero attached hydrogens (tertiary/aromatic N) is 3. The summed E-state index contributed by atoms with van der Waals surface area (Å²) in [4.78, 5) is 11.9. The van der Waals surface area contributed by atoms with Crippen molar-refractivity contribution in [1.82, 2.24) is 14.9 Å². The average Bonchev–Trinajstić information content (AvgIpc) is 3.22. The fraction of sp³-hybridized carbons (Fsp3) is 0.750. The molecule has 0 spiro atoms. The zero-order valence-corrected chi connectivity index (χ0v) is 13.3. The van der Waals surface area contributed by atoms with E-state index < -0.39 is 0 Å². The average molecular weight is 289 g/mol. The Morgan fingerprint density at radius 3 is 2.52 bits per heavy atom. The monoisotopic (exact) mass is 289 g/mol. The van der Waals surface area contributed by atoms with Crippen LogP contribution >= 0.6 is 0 Å². The van der Waals surface area contributed by atoms with Crippen molar-refractivity contribution in [3.63, 3.8) is 0 Å². The van der Waals surface area contributed by atoms with Crippen LogP contribution < -0.4 is 10.6 Å². The van der Waals surface area contributed by atoms with E-state index in [1.54, 1.807) is 0 Å². The van der Waals surface area contributed by atoms with E-state index in [4.69, 9.17) is 4.98 Å². The van der Waals surface area contributed by atoms with E-state index >= 15 is 0 Å². The van der Waals surface area contributed by atoms with Crippen LogP contribution in [0.25, 0.3) is 0 Å². The standard InChI is InChI=1S/C16H27N5/c1-12-14(17-2)19-16(13-6-7-13)20-15(12)18-8-5-11-21-9-3-4-10-21/h13H,3-11H2,1-2H3,(H2,17,18,19,20). The predicted octanol–water partition coefficient (Wildman–Crippen LogP) is 2.60. The number of rotatable bonds is 7. The first-order valence-corrected chi connectivity index (χ1v) is 8.30. The van der Waals surface area contributed by atoms with Crippen LogP contribution in [0.3, 0.4) is 0 Å². The molecule has 21 heavy (non-hydrogen) atoms. The smallest absolute Gasteiger partial charge is 0.136 e.